The van der Waals surface area contributed by atoms with Crippen LogP contribution in [0.5, 0.6) is 0 Å². The van der Waals surface area contributed by atoms with E-state index in [2.05, 4.69) is 49.5 Å². The van der Waals surface area contributed by atoms with Crippen molar-refractivity contribution in [2.45, 2.75) is 32.2 Å². The highest BCUT2D eigenvalue weighted by molar-refractivity contribution is 5.46. The van der Waals surface area contributed by atoms with Crippen molar-refractivity contribution in [1.29, 1.82) is 5.26 Å². The van der Waals surface area contributed by atoms with Crippen LogP contribution in [0.4, 0.5) is 5.69 Å². The summed E-state index contributed by atoms with van der Waals surface area (Å²) in [6, 6.07) is 20.7. The zero-order valence-corrected chi connectivity index (χ0v) is 12.0. The minimum absolute atomic E-state index is 0.173. The molecule has 2 nitrogen and oxygen atoms in total. The number of hydrogen-bond acceptors (Lipinski definition) is 2. The summed E-state index contributed by atoms with van der Waals surface area (Å²) in [6.07, 6.45) is 0.800. The van der Waals surface area contributed by atoms with Crippen LogP contribution in [0.3, 0.4) is 0 Å². The van der Waals surface area contributed by atoms with Crippen molar-refractivity contribution in [2.24, 2.45) is 0 Å². The van der Waals surface area contributed by atoms with E-state index in [1.807, 2.05) is 30.3 Å². The van der Waals surface area contributed by atoms with Crippen LogP contribution >= 0.6 is 0 Å². The molecule has 0 amide bonds. The first kappa shape index (κ1) is 14.1. The van der Waals surface area contributed by atoms with Gasteiger partial charge in [-0.3, -0.25) is 0 Å². The first-order valence-electron chi connectivity index (χ1n) is 6.97. The summed E-state index contributed by atoms with van der Waals surface area (Å²) in [5.41, 5.74) is 3.50. The third-order valence-electron chi connectivity index (χ3n) is 3.51. The Kier molecular flexibility index (Phi) is 4.79. The van der Waals surface area contributed by atoms with Crippen molar-refractivity contribution in [2.75, 3.05) is 5.32 Å². The Hall–Kier alpha value is -2.27. The second-order valence-electron chi connectivity index (χ2n) is 5.24. The average Bonchev–Trinajstić information content (AvgIpc) is 2.49. The van der Waals surface area contributed by atoms with Gasteiger partial charge in [0.1, 0.15) is 6.04 Å². The molecule has 2 atom stereocenters. The van der Waals surface area contributed by atoms with Crippen molar-refractivity contribution < 1.29 is 0 Å². The molecule has 0 aromatic heterocycles. The summed E-state index contributed by atoms with van der Waals surface area (Å²) >= 11 is 0. The molecule has 2 aromatic rings. The summed E-state index contributed by atoms with van der Waals surface area (Å²) in [4.78, 5) is 0. The molecule has 0 heterocycles. The third kappa shape index (κ3) is 3.86. The van der Waals surface area contributed by atoms with E-state index in [1.165, 1.54) is 11.1 Å². The van der Waals surface area contributed by atoms with Gasteiger partial charge >= 0.3 is 0 Å². The number of nitrogens with zero attached hydrogens (tertiary/aromatic N) is 1. The molecule has 0 radical (unpaired) electrons. The van der Waals surface area contributed by atoms with Crippen LogP contribution in [-0.2, 0) is 0 Å². The minimum Gasteiger partial charge on any atom is -0.370 e. The molecule has 102 valence electrons. The normalized spacial score (nSPS) is 13.2. The number of aryl methyl sites for hydroxylation is 1. The lowest BCUT2D eigenvalue weighted by Crippen LogP contribution is -2.19. The molecule has 0 aliphatic carbocycles. The highest BCUT2D eigenvalue weighted by Crippen LogP contribution is 2.22. The standard InChI is InChI=1S/C18H20N2/c1-14-8-10-17(11-9-14)20-18(13-19)12-15(2)16-6-4-3-5-7-16/h3-11,15,18,20H,12H2,1-2H3. The van der Waals surface area contributed by atoms with Gasteiger partial charge in [-0.1, -0.05) is 55.0 Å². The highest BCUT2D eigenvalue weighted by Gasteiger charge is 2.13. The van der Waals surface area contributed by atoms with Crippen LogP contribution in [0.15, 0.2) is 54.6 Å². The van der Waals surface area contributed by atoms with Crippen LogP contribution in [-0.4, -0.2) is 6.04 Å². The van der Waals surface area contributed by atoms with E-state index in [9.17, 15) is 5.26 Å². The number of rotatable bonds is 5. The number of anilines is 1. The van der Waals surface area contributed by atoms with E-state index in [0.717, 1.165) is 12.1 Å². The third-order valence-corrected chi connectivity index (χ3v) is 3.51. The Morgan fingerprint density at radius 1 is 1.05 bits per heavy atom. The molecule has 2 aromatic carbocycles. The van der Waals surface area contributed by atoms with Crippen LogP contribution in [0.2, 0.25) is 0 Å². The molecular weight excluding hydrogens is 244 g/mol. The summed E-state index contributed by atoms with van der Waals surface area (Å²) < 4.78 is 0. The number of nitrogens with one attached hydrogen (secondary N) is 1. The first-order chi connectivity index (χ1) is 9.69. The van der Waals surface area contributed by atoms with Crippen LogP contribution in [0.25, 0.3) is 0 Å². The van der Waals surface area contributed by atoms with Crippen molar-refractivity contribution in [3.63, 3.8) is 0 Å². The average molecular weight is 264 g/mol. The van der Waals surface area contributed by atoms with E-state index in [0.29, 0.717) is 5.92 Å². The summed E-state index contributed by atoms with van der Waals surface area (Å²) in [5, 5.41) is 12.6. The molecule has 0 aliphatic heterocycles. The fourth-order valence-electron chi connectivity index (χ4n) is 2.27. The summed E-state index contributed by atoms with van der Waals surface area (Å²) in [5.74, 6) is 0.360. The number of benzene rings is 2. The Morgan fingerprint density at radius 3 is 2.30 bits per heavy atom. The first-order valence-corrected chi connectivity index (χ1v) is 6.97. The predicted molar refractivity (Wildman–Crippen MR) is 83.7 cm³/mol. The molecule has 1 N–H and O–H groups in total. The molecule has 0 saturated carbocycles. The van der Waals surface area contributed by atoms with Crippen molar-refractivity contribution in [1.82, 2.24) is 0 Å². The molecule has 2 unspecified atom stereocenters. The van der Waals surface area contributed by atoms with Crippen molar-refractivity contribution in [3.8, 4) is 6.07 Å². The monoisotopic (exact) mass is 264 g/mol. The maximum Gasteiger partial charge on any atom is 0.115 e. The number of hydrogen-bond donors (Lipinski definition) is 1. The lowest BCUT2D eigenvalue weighted by molar-refractivity contribution is 0.652. The number of nitriles is 1. The van der Waals surface area contributed by atoms with Gasteiger partial charge in [-0.15, -0.1) is 0 Å². The van der Waals surface area contributed by atoms with Gasteiger partial charge in [0.2, 0.25) is 0 Å². The molecule has 2 heteroatoms. The van der Waals surface area contributed by atoms with Gasteiger partial charge < -0.3 is 5.32 Å². The van der Waals surface area contributed by atoms with Crippen molar-refractivity contribution in [3.05, 3.63) is 65.7 Å². The van der Waals surface area contributed by atoms with Gasteiger partial charge in [-0.25, -0.2) is 0 Å². The van der Waals surface area contributed by atoms with Gasteiger partial charge in [-0.05, 0) is 37.0 Å². The van der Waals surface area contributed by atoms with E-state index >= 15 is 0 Å². The lowest BCUT2D eigenvalue weighted by Gasteiger charge is -2.18. The van der Waals surface area contributed by atoms with Gasteiger partial charge in [-0.2, -0.15) is 5.26 Å². The Morgan fingerprint density at radius 2 is 1.70 bits per heavy atom. The van der Waals surface area contributed by atoms with E-state index in [1.54, 1.807) is 0 Å². The molecule has 0 aliphatic rings. The Labute approximate surface area is 121 Å². The zero-order chi connectivity index (χ0) is 14.4. The maximum atomic E-state index is 9.33. The highest BCUT2D eigenvalue weighted by atomic mass is 14.9. The molecule has 20 heavy (non-hydrogen) atoms. The lowest BCUT2D eigenvalue weighted by atomic mass is 9.94. The summed E-state index contributed by atoms with van der Waals surface area (Å²) in [7, 11) is 0. The van der Waals surface area contributed by atoms with Gasteiger partial charge in [0.15, 0.2) is 0 Å². The van der Waals surface area contributed by atoms with Crippen LogP contribution in [0.1, 0.15) is 30.4 Å². The Balaban J connectivity index is 1.99. The molecule has 0 bridgehead atoms. The van der Waals surface area contributed by atoms with E-state index in [-0.39, 0.29) is 6.04 Å². The van der Waals surface area contributed by atoms with Gasteiger partial charge in [0.25, 0.3) is 0 Å². The second-order valence-corrected chi connectivity index (χ2v) is 5.24. The predicted octanol–water partition coefficient (Wildman–Crippen LogP) is 4.49. The summed E-state index contributed by atoms with van der Waals surface area (Å²) in [6.45, 7) is 4.22. The molecule has 2 rings (SSSR count). The largest absolute Gasteiger partial charge is 0.370 e. The molecule has 0 fully saturated rings. The molecular formula is C18H20N2. The zero-order valence-electron chi connectivity index (χ0n) is 12.0. The van der Waals surface area contributed by atoms with E-state index < -0.39 is 0 Å². The molecule has 0 spiro atoms. The van der Waals surface area contributed by atoms with Gasteiger partial charge in [0, 0.05) is 5.69 Å². The van der Waals surface area contributed by atoms with Crippen LogP contribution in [0, 0.1) is 18.3 Å². The topological polar surface area (TPSA) is 35.8 Å². The van der Waals surface area contributed by atoms with Crippen LogP contribution < -0.4 is 5.32 Å². The Bertz CT molecular complexity index is 567. The fraction of sp³-hybridized carbons (Fsp3) is 0.278. The molecule has 0 saturated heterocycles. The second kappa shape index (κ2) is 6.77. The quantitative estimate of drug-likeness (QED) is 0.863. The maximum absolute atomic E-state index is 9.33. The van der Waals surface area contributed by atoms with E-state index in [4.69, 9.17) is 0 Å². The van der Waals surface area contributed by atoms with Gasteiger partial charge in [0.05, 0.1) is 6.07 Å². The minimum atomic E-state index is -0.173. The van der Waals surface area contributed by atoms with Crippen molar-refractivity contribution >= 4 is 5.69 Å². The fourth-order valence-corrected chi connectivity index (χ4v) is 2.27. The SMILES string of the molecule is Cc1ccc(NC(C#N)CC(C)c2ccccc2)cc1. The smallest absolute Gasteiger partial charge is 0.115 e.